The zero-order chi connectivity index (χ0) is 16.3. The van der Waals surface area contributed by atoms with Crippen LogP contribution in [0.3, 0.4) is 0 Å². The highest BCUT2D eigenvalue weighted by Crippen LogP contribution is 2.47. The molecule has 22 heavy (non-hydrogen) atoms. The monoisotopic (exact) mass is 318 g/mol. The number of phenols is 1. The van der Waals surface area contributed by atoms with Crippen LogP contribution in [0.5, 0.6) is 11.5 Å². The molecule has 0 saturated heterocycles. The lowest BCUT2D eigenvalue weighted by Crippen LogP contribution is -2.19. The second kappa shape index (κ2) is 6.68. The Morgan fingerprint density at radius 1 is 1.14 bits per heavy atom. The van der Waals surface area contributed by atoms with Gasteiger partial charge in [0.1, 0.15) is 0 Å². The summed E-state index contributed by atoms with van der Waals surface area (Å²) >= 11 is 0. The molecule has 2 rings (SSSR count). The summed E-state index contributed by atoms with van der Waals surface area (Å²) in [5, 5.41) is 20.9. The smallest absolute Gasteiger partial charge is 0.161 e. The lowest BCUT2D eigenvalue weighted by molar-refractivity contribution is 0.283. The van der Waals surface area contributed by atoms with Crippen LogP contribution in [0.4, 0.5) is 0 Å². The third-order valence-electron chi connectivity index (χ3n) is 3.86. The molecule has 0 heterocycles. The molecule has 0 aromatic heterocycles. The van der Waals surface area contributed by atoms with E-state index in [1.807, 2.05) is 24.3 Å². The van der Waals surface area contributed by atoms with Gasteiger partial charge >= 0.3 is 0 Å². The molecule has 0 bridgehead atoms. The Morgan fingerprint density at radius 2 is 1.82 bits per heavy atom. The number of aryl methyl sites for hydroxylation is 1. The molecule has 0 aliphatic rings. The zero-order valence-corrected chi connectivity index (χ0v) is 14.5. The summed E-state index contributed by atoms with van der Waals surface area (Å²) in [7, 11) is 1.99. The molecule has 0 radical (unpaired) electrons. The second-order valence-electron chi connectivity index (χ2n) is 5.87. The summed E-state index contributed by atoms with van der Waals surface area (Å²) in [6, 6.07) is 11.6. The van der Waals surface area contributed by atoms with Crippen LogP contribution in [0.25, 0.3) is 0 Å². The maximum Gasteiger partial charge on any atom is 0.161 e. The van der Waals surface area contributed by atoms with Crippen molar-refractivity contribution < 1.29 is 14.9 Å². The van der Waals surface area contributed by atoms with Crippen LogP contribution in [0.15, 0.2) is 36.4 Å². The Kier molecular flexibility index (Phi) is 5.10. The van der Waals surface area contributed by atoms with Crippen LogP contribution in [0, 0.1) is 6.92 Å². The van der Waals surface area contributed by atoms with Gasteiger partial charge in [0.25, 0.3) is 0 Å². The summed E-state index contributed by atoms with van der Waals surface area (Å²) in [5.74, 6) is 0.684. The van der Waals surface area contributed by atoms with Gasteiger partial charge in [-0.05, 0) is 29.4 Å². The van der Waals surface area contributed by atoms with E-state index in [0.717, 1.165) is 16.4 Å². The van der Waals surface area contributed by atoms with Crippen molar-refractivity contribution in [1.29, 1.82) is 0 Å². The number of benzene rings is 2. The average molecular weight is 318 g/mol. The van der Waals surface area contributed by atoms with E-state index < -0.39 is 0 Å². The van der Waals surface area contributed by atoms with Gasteiger partial charge in [0.15, 0.2) is 11.5 Å². The highest BCUT2D eigenvalue weighted by atomic mass is 31.1. The zero-order valence-electron chi connectivity index (χ0n) is 13.5. The Morgan fingerprint density at radius 3 is 2.45 bits per heavy atom. The van der Waals surface area contributed by atoms with E-state index in [0.29, 0.717) is 14.3 Å². The molecule has 0 aliphatic carbocycles. The van der Waals surface area contributed by atoms with Crippen LogP contribution in [0.2, 0.25) is 0 Å². The number of para-hydroxylation sites is 1. The number of aliphatic hydroxyl groups excluding tert-OH is 1. The van der Waals surface area contributed by atoms with Gasteiger partial charge in [0.2, 0.25) is 0 Å². The molecule has 0 spiro atoms. The van der Waals surface area contributed by atoms with Gasteiger partial charge in [0, 0.05) is 10.7 Å². The maximum absolute atomic E-state index is 10.4. The summed E-state index contributed by atoms with van der Waals surface area (Å²) in [5.41, 5.74) is 2.98. The minimum absolute atomic E-state index is 0.0319. The Bertz CT molecular complexity index is 665. The van der Waals surface area contributed by atoms with Crippen molar-refractivity contribution >= 4 is 13.9 Å². The number of rotatable bonds is 5. The quantitative estimate of drug-likeness (QED) is 0.830. The van der Waals surface area contributed by atoms with Gasteiger partial charge in [-0.25, -0.2) is 0 Å². The largest absolute Gasteiger partial charge is 0.504 e. The predicted octanol–water partition coefficient (Wildman–Crippen LogP) is 3.44. The molecule has 1 atom stereocenters. The van der Waals surface area contributed by atoms with Gasteiger partial charge in [-0.1, -0.05) is 52.8 Å². The van der Waals surface area contributed by atoms with Crippen LogP contribution < -0.4 is 10.0 Å². The van der Waals surface area contributed by atoms with Crippen LogP contribution in [-0.2, 0) is 11.8 Å². The van der Waals surface area contributed by atoms with Gasteiger partial charge in [0.05, 0.1) is 13.7 Å². The van der Waals surface area contributed by atoms with Crippen molar-refractivity contribution in [2.24, 2.45) is 0 Å². The van der Waals surface area contributed by atoms with Crippen LogP contribution in [0.1, 0.15) is 30.5 Å². The van der Waals surface area contributed by atoms with E-state index in [1.165, 1.54) is 5.56 Å². The Labute approximate surface area is 133 Å². The molecule has 1 unspecified atom stereocenters. The van der Waals surface area contributed by atoms with Crippen molar-refractivity contribution in [3.05, 3.63) is 53.1 Å². The molecule has 0 saturated carbocycles. The van der Waals surface area contributed by atoms with Gasteiger partial charge < -0.3 is 14.9 Å². The summed E-state index contributed by atoms with van der Waals surface area (Å²) in [6.07, 6.45) is 0. The highest BCUT2D eigenvalue weighted by molar-refractivity contribution is 7.48. The van der Waals surface area contributed by atoms with Crippen LogP contribution >= 0.6 is 8.58 Å². The lowest BCUT2D eigenvalue weighted by atomic mass is 10.0. The molecular weight excluding hydrogens is 295 g/mol. The molecule has 0 amide bonds. The summed E-state index contributed by atoms with van der Waals surface area (Å²) in [4.78, 5) is 0. The minimum atomic E-state index is -0.255. The maximum atomic E-state index is 10.4. The first-order valence-electron chi connectivity index (χ1n) is 7.24. The standard InChI is InChI=1S/C18H23O3P/c1-12-7-5-8-13(11-19)17(12)22-18(2,3)14-9-6-10-15(21-4)16(14)20/h5-10,19-20,22H,11H2,1-4H3. The molecule has 2 aromatic carbocycles. The molecule has 2 N–H and O–H groups in total. The topological polar surface area (TPSA) is 49.7 Å². The number of phenolic OH excluding ortho intramolecular Hbond substituents is 1. The van der Waals surface area contributed by atoms with E-state index in [4.69, 9.17) is 4.74 Å². The van der Waals surface area contributed by atoms with Gasteiger partial charge in [-0.2, -0.15) is 0 Å². The lowest BCUT2D eigenvalue weighted by Gasteiger charge is -2.28. The Balaban J connectivity index is 2.45. The number of hydrogen-bond donors (Lipinski definition) is 2. The normalized spacial score (nSPS) is 12.0. The van der Waals surface area contributed by atoms with Crippen molar-refractivity contribution in [3.63, 3.8) is 0 Å². The fraction of sp³-hybridized carbons (Fsp3) is 0.333. The van der Waals surface area contributed by atoms with Crippen molar-refractivity contribution in [2.75, 3.05) is 7.11 Å². The number of aliphatic hydroxyl groups is 1. The Hall–Kier alpha value is -1.57. The average Bonchev–Trinajstić information content (AvgIpc) is 2.49. The number of ether oxygens (including phenoxy) is 1. The third kappa shape index (κ3) is 3.26. The molecule has 0 fully saturated rings. The molecule has 4 heteroatoms. The van der Waals surface area contributed by atoms with E-state index in [9.17, 15) is 10.2 Å². The first-order chi connectivity index (χ1) is 10.4. The molecular formula is C18H23O3P. The molecule has 118 valence electrons. The van der Waals surface area contributed by atoms with Crippen molar-refractivity contribution in [2.45, 2.75) is 32.5 Å². The first-order valence-corrected chi connectivity index (χ1v) is 8.24. The fourth-order valence-corrected chi connectivity index (χ4v) is 4.18. The summed E-state index contributed by atoms with van der Waals surface area (Å²) < 4.78 is 5.21. The number of aromatic hydroxyl groups is 1. The SMILES string of the molecule is COc1cccc(C(C)(C)Pc2c(C)cccc2CO)c1O. The van der Waals surface area contributed by atoms with Gasteiger partial charge in [-0.15, -0.1) is 0 Å². The van der Waals surface area contributed by atoms with Crippen LogP contribution in [-0.4, -0.2) is 17.3 Å². The second-order valence-corrected chi connectivity index (χ2v) is 7.87. The minimum Gasteiger partial charge on any atom is -0.504 e. The van der Waals surface area contributed by atoms with E-state index >= 15 is 0 Å². The van der Waals surface area contributed by atoms with Crippen molar-refractivity contribution in [3.8, 4) is 11.5 Å². The molecule has 3 nitrogen and oxygen atoms in total. The summed E-state index contributed by atoms with van der Waals surface area (Å²) in [6.45, 7) is 6.30. The molecule has 0 aliphatic heterocycles. The molecule has 2 aromatic rings. The fourth-order valence-electron chi connectivity index (χ4n) is 2.61. The highest BCUT2D eigenvalue weighted by Gasteiger charge is 2.27. The van der Waals surface area contributed by atoms with E-state index in [1.54, 1.807) is 13.2 Å². The van der Waals surface area contributed by atoms with Gasteiger partial charge in [-0.3, -0.25) is 0 Å². The van der Waals surface area contributed by atoms with E-state index in [2.05, 4.69) is 26.8 Å². The number of methoxy groups -OCH3 is 1. The number of hydrogen-bond acceptors (Lipinski definition) is 3. The predicted molar refractivity (Wildman–Crippen MR) is 92.7 cm³/mol. The first kappa shape index (κ1) is 16.8. The van der Waals surface area contributed by atoms with E-state index in [-0.39, 0.29) is 17.5 Å². The third-order valence-corrected chi connectivity index (χ3v) is 5.72. The van der Waals surface area contributed by atoms with Crippen molar-refractivity contribution in [1.82, 2.24) is 0 Å².